The van der Waals surface area contributed by atoms with E-state index in [1.807, 2.05) is 13.8 Å². The van der Waals surface area contributed by atoms with Crippen LogP contribution in [0.2, 0.25) is 0 Å². The van der Waals surface area contributed by atoms with Crippen molar-refractivity contribution in [1.82, 2.24) is 19.4 Å². The number of hydrogen-bond donors (Lipinski definition) is 0. The van der Waals surface area contributed by atoms with Crippen LogP contribution in [0, 0.1) is 6.92 Å². The summed E-state index contributed by atoms with van der Waals surface area (Å²) < 4.78 is 6.54. The van der Waals surface area contributed by atoms with Crippen LogP contribution in [0.3, 0.4) is 0 Å². The van der Waals surface area contributed by atoms with E-state index in [1.165, 1.54) is 4.90 Å². The van der Waals surface area contributed by atoms with E-state index in [2.05, 4.69) is 4.98 Å². The fourth-order valence-corrected chi connectivity index (χ4v) is 3.78. The summed E-state index contributed by atoms with van der Waals surface area (Å²) in [7, 11) is 0. The third-order valence-electron chi connectivity index (χ3n) is 5.23. The van der Waals surface area contributed by atoms with Gasteiger partial charge < -0.3 is 14.2 Å². The number of aryl methyl sites for hydroxylation is 2. The summed E-state index contributed by atoms with van der Waals surface area (Å²) in [5.74, 6) is -0.804. The van der Waals surface area contributed by atoms with Crippen LogP contribution < -0.4 is 5.43 Å². The molecule has 1 unspecified atom stereocenters. The molecule has 4 heterocycles. The molecule has 3 amide bonds. The molecule has 2 aromatic heterocycles. The molecular weight excluding hydrogens is 364 g/mol. The quantitative estimate of drug-likeness (QED) is 0.780. The van der Waals surface area contributed by atoms with Crippen molar-refractivity contribution in [2.24, 2.45) is 0 Å². The van der Waals surface area contributed by atoms with Gasteiger partial charge in [-0.2, -0.15) is 0 Å². The van der Waals surface area contributed by atoms with Crippen molar-refractivity contribution in [3.63, 3.8) is 0 Å². The summed E-state index contributed by atoms with van der Waals surface area (Å²) in [6.07, 6.45) is 1.33. The van der Waals surface area contributed by atoms with Gasteiger partial charge in [0.25, 0.3) is 11.8 Å². The van der Waals surface area contributed by atoms with Gasteiger partial charge in [0.05, 0.1) is 11.4 Å². The monoisotopic (exact) mass is 384 g/mol. The number of fused-ring (bicyclic) bond motifs is 1. The van der Waals surface area contributed by atoms with E-state index in [0.29, 0.717) is 30.5 Å². The van der Waals surface area contributed by atoms with E-state index in [0.717, 1.165) is 10.6 Å². The summed E-state index contributed by atoms with van der Waals surface area (Å²) in [5, 5.41) is 0.396. The van der Waals surface area contributed by atoms with Crippen molar-refractivity contribution in [2.45, 2.75) is 32.9 Å². The fourth-order valence-electron chi connectivity index (χ4n) is 3.78. The molecule has 146 valence electrons. The molecule has 2 fully saturated rings. The van der Waals surface area contributed by atoms with E-state index in [1.54, 1.807) is 22.9 Å². The maximum Gasteiger partial charge on any atom is 0.417 e. The predicted octanol–water partition coefficient (Wildman–Crippen LogP) is 0.918. The summed E-state index contributed by atoms with van der Waals surface area (Å²) in [5.41, 5.74) is 1.04. The molecule has 4 rings (SSSR count). The first-order valence-electron chi connectivity index (χ1n) is 9.19. The van der Waals surface area contributed by atoms with Crippen molar-refractivity contribution in [3.8, 4) is 0 Å². The topological polar surface area (TPSA) is 102 Å². The maximum atomic E-state index is 13.0. The van der Waals surface area contributed by atoms with Crippen LogP contribution in [0.1, 0.15) is 29.4 Å². The Kier molecular flexibility index (Phi) is 4.37. The molecule has 0 spiro atoms. The van der Waals surface area contributed by atoms with Gasteiger partial charge >= 0.3 is 6.09 Å². The van der Waals surface area contributed by atoms with E-state index in [-0.39, 0.29) is 24.1 Å². The van der Waals surface area contributed by atoms with Crippen molar-refractivity contribution in [3.05, 3.63) is 39.8 Å². The van der Waals surface area contributed by atoms with Gasteiger partial charge in [-0.25, -0.2) is 14.7 Å². The van der Waals surface area contributed by atoms with Crippen LogP contribution in [-0.4, -0.2) is 63.0 Å². The number of nitrogens with zero attached hydrogens (tertiary/aromatic N) is 4. The maximum absolute atomic E-state index is 13.0. The van der Waals surface area contributed by atoms with Gasteiger partial charge in [-0.3, -0.25) is 14.4 Å². The van der Waals surface area contributed by atoms with Gasteiger partial charge in [0.2, 0.25) is 5.43 Å². The lowest BCUT2D eigenvalue weighted by molar-refractivity contribution is -0.127. The molecule has 0 N–H and O–H groups in total. The number of likely N-dealkylation sites (tertiary alicyclic amines) is 1. The van der Waals surface area contributed by atoms with E-state index >= 15 is 0 Å². The Balaban J connectivity index is 1.65. The Hall–Kier alpha value is -3.23. The number of carbonyl (C=O) groups excluding carboxylic acids is 3. The SMILES string of the molecule is CCn1cc(C(=O)N2CCC(N3C(=O)COC3=O)C2)c(=O)c2ccc(C)nc21. The van der Waals surface area contributed by atoms with Crippen molar-refractivity contribution in [2.75, 3.05) is 19.7 Å². The summed E-state index contributed by atoms with van der Waals surface area (Å²) in [4.78, 5) is 56.6. The molecular formula is C19H20N4O5. The molecule has 1 atom stereocenters. The number of ether oxygens (including phenoxy) is 1. The minimum absolute atomic E-state index is 0.0657. The Labute approximate surface area is 160 Å². The third kappa shape index (κ3) is 2.83. The Morgan fingerprint density at radius 2 is 2.07 bits per heavy atom. The first-order valence-corrected chi connectivity index (χ1v) is 9.19. The first-order chi connectivity index (χ1) is 13.4. The summed E-state index contributed by atoms with van der Waals surface area (Å²) in [6.45, 7) is 4.61. The number of cyclic esters (lactones) is 1. The van der Waals surface area contributed by atoms with Crippen LogP contribution in [0.15, 0.2) is 23.1 Å². The van der Waals surface area contributed by atoms with Crippen LogP contribution in [0.25, 0.3) is 11.0 Å². The Bertz CT molecular complexity index is 1040. The fraction of sp³-hybridized carbons (Fsp3) is 0.421. The summed E-state index contributed by atoms with van der Waals surface area (Å²) in [6, 6.07) is 3.01. The van der Waals surface area contributed by atoms with Gasteiger partial charge in [0, 0.05) is 31.5 Å². The molecule has 28 heavy (non-hydrogen) atoms. The number of pyridine rings is 2. The predicted molar refractivity (Wildman–Crippen MR) is 98.9 cm³/mol. The highest BCUT2D eigenvalue weighted by molar-refractivity contribution is 5.99. The van der Waals surface area contributed by atoms with Gasteiger partial charge in [-0.1, -0.05) is 0 Å². The zero-order chi connectivity index (χ0) is 20.0. The number of amides is 3. The average Bonchev–Trinajstić information content (AvgIpc) is 3.28. The second-order valence-electron chi connectivity index (χ2n) is 6.99. The molecule has 2 saturated heterocycles. The molecule has 0 radical (unpaired) electrons. The molecule has 2 aliphatic heterocycles. The van der Waals surface area contributed by atoms with Gasteiger partial charge in [0.1, 0.15) is 11.2 Å². The minimum Gasteiger partial charge on any atom is -0.439 e. The largest absolute Gasteiger partial charge is 0.439 e. The molecule has 0 saturated carbocycles. The number of aromatic nitrogens is 2. The van der Waals surface area contributed by atoms with Crippen molar-refractivity contribution < 1.29 is 19.1 Å². The van der Waals surface area contributed by atoms with Gasteiger partial charge in [0.15, 0.2) is 6.61 Å². The molecule has 0 bridgehead atoms. The molecule has 0 aliphatic carbocycles. The molecule has 0 aromatic carbocycles. The second-order valence-corrected chi connectivity index (χ2v) is 6.99. The molecule has 2 aromatic rings. The van der Waals surface area contributed by atoms with Gasteiger partial charge in [-0.05, 0) is 32.4 Å². The molecule has 9 heteroatoms. The van der Waals surface area contributed by atoms with E-state index < -0.39 is 23.9 Å². The normalized spacial score (nSPS) is 19.6. The lowest BCUT2D eigenvalue weighted by Crippen LogP contribution is -2.42. The minimum atomic E-state index is -0.676. The van der Waals surface area contributed by atoms with E-state index in [4.69, 9.17) is 4.74 Å². The van der Waals surface area contributed by atoms with Crippen LogP contribution >= 0.6 is 0 Å². The van der Waals surface area contributed by atoms with Crippen LogP contribution in [-0.2, 0) is 16.1 Å². The average molecular weight is 384 g/mol. The Morgan fingerprint density at radius 1 is 1.29 bits per heavy atom. The highest BCUT2D eigenvalue weighted by Crippen LogP contribution is 2.22. The third-order valence-corrected chi connectivity index (χ3v) is 5.23. The van der Waals surface area contributed by atoms with Crippen molar-refractivity contribution >= 4 is 28.9 Å². The smallest absolute Gasteiger partial charge is 0.417 e. The van der Waals surface area contributed by atoms with E-state index in [9.17, 15) is 19.2 Å². The number of hydrogen-bond acceptors (Lipinski definition) is 6. The summed E-state index contributed by atoms with van der Waals surface area (Å²) >= 11 is 0. The molecule has 2 aliphatic rings. The highest BCUT2D eigenvalue weighted by atomic mass is 16.6. The first kappa shape index (κ1) is 18.1. The standard InChI is InChI=1S/C19H20N4O5/c1-3-21-9-14(16(25)13-5-4-11(2)20-17(13)21)18(26)22-7-6-12(8-22)23-15(24)10-28-19(23)27/h4-5,9,12H,3,6-8,10H2,1-2H3. The number of rotatable bonds is 3. The lowest BCUT2D eigenvalue weighted by atomic mass is 10.1. The highest BCUT2D eigenvalue weighted by Gasteiger charge is 2.41. The lowest BCUT2D eigenvalue weighted by Gasteiger charge is -2.21. The number of carbonyl (C=O) groups is 3. The van der Waals surface area contributed by atoms with Crippen LogP contribution in [0.5, 0.6) is 0 Å². The van der Waals surface area contributed by atoms with Crippen LogP contribution in [0.4, 0.5) is 4.79 Å². The number of imide groups is 1. The second kappa shape index (κ2) is 6.74. The zero-order valence-corrected chi connectivity index (χ0v) is 15.7. The zero-order valence-electron chi connectivity index (χ0n) is 15.7. The van der Waals surface area contributed by atoms with Gasteiger partial charge in [-0.15, -0.1) is 0 Å². The molecule has 9 nitrogen and oxygen atoms in total. The van der Waals surface area contributed by atoms with Crippen molar-refractivity contribution in [1.29, 1.82) is 0 Å². The Morgan fingerprint density at radius 3 is 2.75 bits per heavy atom.